The molecule has 0 unspecified atom stereocenters. The van der Waals surface area contributed by atoms with Gasteiger partial charge in [0.15, 0.2) is 0 Å². The molecule has 1 amide bonds. The summed E-state index contributed by atoms with van der Waals surface area (Å²) in [5, 5.41) is 11.9. The lowest BCUT2D eigenvalue weighted by Crippen LogP contribution is -2.44. The van der Waals surface area contributed by atoms with Gasteiger partial charge in [-0.15, -0.1) is 0 Å². The van der Waals surface area contributed by atoms with E-state index in [0.29, 0.717) is 5.69 Å². The second-order valence-electron chi connectivity index (χ2n) is 6.25. The van der Waals surface area contributed by atoms with Crippen LogP contribution in [0.25, 0.3) is 11.3 Å². The maximum Gasteiger partial charge on any atom is 0.326 e. The van der Waals surface area contributed by atoms with Gasteiger partial charge in [0.25, 0.3) is 5.56 Å². The Morgan fingerprint density at radius 1 is 1.04 bits per heavy atom. The summed E-state index contributed by atoms with van der Waals surface area (Å²) in [7, 11) is 0. The zero-order chi connectivity index (χ0) is 19.9. The van der Waals surface area contributed by atoms with Crippen molar-refractivity contribution in [2.75, 3.05) is 0 Å². The molecule has 0 bridgehead atoms. The van der Waals surface area contributed by atoms with Crippen LogP contribution < -0.4 is 10.9 Å². The summed E-state index contributed by atoms with van der Waals surface area (Å²) in [5.74, 6) is -1.69. The molecular weight excluding hydrogens is 358 g/mol. The van der Waals surface area contributed by atoms with Gasteiger partial charge in [-0.2, -0.15) is 0 Å². The van der Waals surface area contributed by atoms with Crippen molar-refractivity contribution in [2.24, 2.45) is 0 Å². The standard InChI is InChI=1S/C21H19N3O4/c25-19(23-17(21(27)28)11-15-7-3-1-4-8-15)14-24-13-18(22-12-20(24)26)16-9-5-2-6-10-16/h1-10,12-13,17H,11,14H2,(H,23,25)(H,27,28)/t17-/m1/s1. The Kier molecular flexibility index (Phi) is 5.96. The highest BCUT2D eigenvalue weighted by Gasteiger charge is 2.20. The molecule has 0 saturated heterocycles. The number of hydrogen-bond acceptors (Lipinski definition) is 4. The van der Waals surface area contributed by atoms with Crippen molar-refractivity contribution >= 4 is 11.9 Å². The van der Waals surface area contributed by atoms with E-state index in [1.165, 1.54) is 10.8 Å². The number of carboxylic acid groups (broad SMARTS) is 1. The molecule has 0 aliphatic rings. The molecule has 1 aromatic heterocycles. The van der Waals surface area contributed by atoms with Crippen LogP contribution in [0.15, 0.2) is 77.9 Å². The number of nitrogens with one attached hydrogen (secondary N) is 1. The minimum absolute atomic E-state index is 0.155. The van der Waals surface area contributed by atoms with Crippen molar-refractivity contribution in [2.45, 2.75) is 19.0 Å². The number of nitrogens with zero attached hydrogens (tertiary/aromatic N) is 2. The van der Waals surface area contributed by atoms with E-state index in [0.717, 1.165) is 17.3 Å². The van der Waals surface area contributed by atoms with Gasteiger partial charge in [-0.3, -0.25) is 9.59 Å². The Labute approximate surface area is 161 Å². The van der Waals surface area contributed by atoms with E-state index in [1.807, 2.05) is 36.4 Å². The topological polar surface area (TPSA) is 101 Å². The van der Waals surface area contributed by atoms with Crippen LogP contribution >= 0.6 is 0 Å². The second kappa shape index (κ2) is 8.77. The molecule has 28 heavy (non-hydrogen) atoms. The number of rotatable bonds is 7. The first kappa shape index (κ1) is 19.0. The maximum absolute atomic E-state index is 12.4. The third kappa shape index (κ3) is 4.91. The van der Waals surface area contributed by atoms with Gasteiger partial charge >= 0.3 is 5.97 Å². The largest absolute Gasteiger partial charge is 0.480 e. The fourth-order valence-electron chi connectivity index (χ4n) is 2.77. The van der Waals surface area contributed by atoms with E-state index < -0.39 is 23.5 Å². The highest BCUT2D eigenvalue weighted by Crippen LogP contribution is 2.14. The van der Waals surface area contributed by atoms with E-state index in [4.69, 9.17) is 0 Å². The van der Waals surface area contributed by atoms with Crippen molar-refractivity contribution < 1.29 is 14.7 Å². The number of hydrogen-bond donors (Lipinski definition) is 2. The summed E-state index contributed by atoms with van der Waals surface area (Å²) in [6.07, 6.45) is 2.79. The molecule has 0 radical (unpaired) electrons. The zero-order valence-corrected chi connectivity index (χ0v) is 15.0. The van der Waals surface area contributed by atoms with Crippen molar-refractivity contribution in [1.29, 1.82) is 0 Å². The molecule has 7 nitrogen and oxygen atoms in total. The lowest BCUT2D eigenvalue weighted by Gasteiger charge is -2.15. The predicted octanol–water partition coefficient (Wildman–Crippen LogP) is 1.72. The van der Waals surface area contributed by atoms with Gasteiger partial charge in [-0.25, -0.2) is 9.78 Å². The monoisotopic (exact) mass is 377 g/mol. The highest BCUT2D eigenvalue weighted by atomic mass is 16.4. The van der Waals surface area contributed by atoms with Gasteiger partial charge in [-0.05, 0) is 5.56 Å². The van der Waals surface area contributed by atoms with Crippen LogP contribution in [0, 0.1) is 0 Å². The quantitative estimate of drug-likeness (QED) is 0.653. The fourth-order valence-corrected chi connectivity index (χ4v) is 2.77. The van der Waals surface area contributed by atoms with Gasteiger partial charge < -0.3 is 15.0 Å². The molecule has 142 valence electrons. The predicted molar refractivity (Wildman–Crippen MR) is 104 cm³/mol. The van der Waals surface area contributed by atoms with Crippen LogP contribution in [0.4, 0.5) is 0 Å². The third-order valence-corrected chi connectivity index (χ3v) is 4.17. The number of amides is 1. The minimum atomic E-state index is -1.13. The molecule has 0 aliphatic carbocycles. The summed E-state index contributed by atoms with van der Waals surface area (Å²) in [6, 6.07) is 17.2. The minimum Gasteiger partial charge on any atom is -0.480 e. The Balaban J connectivity index is 1.73. The molecule has 0 aliphatic heterocycles. The average Bonchev–Trinajstić information content (AvgIpc) is 2.70. The Morgan fingerprint density at radius 3 is 2.32 bits per heavy atom. The van der Waals surface area contributed by atoms with E-state index in [9.17, 15) is 19.5 Å². The van der Waals surface area contributed by atoms with Gasteiger partial charge in [0.1, 0.15) is 12.6 Å². The molecule has 2 aromatic carbocycles. The van der Waals surface area contributed by atoms with E-state index in [1.54, 1.807) is 24.3 Å². The first-order valence-corrected chi connectivity index (χ1v) is 8.71. The van der Waals surface area contributed by atoms with Gasteiger partial charge in [0, 0.05) is 18.2 Å². The van der Waals surface area contributed by atoms with E-state index >= 15 is 0 Å². The average molecular weight is 377 g/mol. The van der Waals surface area contributed by atoms with Crippen LogP contribution in [-0.4, -0.2) is 32.6 Å². The summed E-state index contributed by atoms with van der Waals surface area (Å²) in [4.78, 5) is 40.0. The second-order valence-corrected chi connectivity index (χ2v) is 6.25. The summed E-state index contributed by atoms with van der Waals surface area (Å²) in [5.41, 5.74) is 1.71. The molecule has 7 heteroatoms. The van der Waals surface area contributed by atoms with Crippen LogP contribution in [0.1, 0.15) is 5.56 Å². The van der Waals surface area contributed by atoms with Crippen molar-refractivity contribution in [3.8, 4) is 11.3 Å². The van der Waals surface area contributed by atoms with Crippen molar-refractivity contribution in [3.05, 3.63) is 89.0 Å². The molecule has 0 saturated carbocycles. The van der Waals surface area contributed by atoms with Gasteiger partial charge in [-0.1, -0.05) is 60.7 Å². The first-order chi connectivity index (χ1) is 13.5. The van der Waals surface area contributed by atoms with E-state index in [2.05, 4.69) is 10.3 Å². The van der Waals surface area contributed by atoms with Crippen molar-refractivity contribution in [1.82, 2.24) is 14.9 Å². The van der Waals surface area contributed by atoms with Gasteiger partial charge in [0.2, 0.25) is 5.91 Å². The number of carboxylic acids is 1. The number of carbonyl (C=O) groups excluding carboxylic acids is 1. The van der Waals surface area contributed by atoms with Gasteiger partial charge in [0.05, 0.1) is 11.9 Å². The number of aromatic nitrogens is 2. The molecule has 1 atom stereocenters. The summed E-state index contributed by atoms with van der Waals surface area (Å²) in [6.45, 7) is -0.292. The lowest BCUT2D eigenvalue weighted by molar-refractivity contribution is -0.141. The third-order valence-electron chi connectivity index (χ3n) is 4.17. The molecule has 2 N–H and O–H groups in total. The molecule has 3 rings (SSSR count). The number of benzene rings is 2. The lowest BCUT2D eigenvalue weighted by atomic mass is 10.1. The SMILES string of the molecule is O=C(Cn1cc(-c2ccccc2)ncc1=O)N[C@H](Cc1ccccc1)C(=O)O. The summed E-state index contributed by atoms with van der Waals surface area (Å²) >= 11 is 0. The number of aliphatic carboxylic acids is 1. The molecular formula is C21H19N3O4. The van der Waals surface area contributed by atoms with Crippen LogP contribution in [0.2, 0.25) is 0 Å². The fraction of sp³-hybridized carbons (Fsp3) is 0.143. The first-order valence-electron chi connectivity index (χ1n) is 8.71. The smallest absolute Gasteiger partial charge is 0.326 e. The maximum atomic E-state index is 12.4. The Morgan fingerprint density at radius 2 is 1.68 bits per heavy atom. The normalized spacial score (nSPS) is 11.6. The van der Waals surface area contributed by atoms with Crippen LogP contribution in [0.3, 0.4) is 0 Å². The molecule has 3 aromatic rings. The number of carbonyl (C=O) groups is 2. The Hall–Kier alpha value is -3.74. The molecule has 0 fully saturated rings. The van der Waals surface area contributed by atoms with E-state index in [-0.39, 0.29) is 13.0 Å². The molecule has 1 heterocycles. The van der Waals surface area contributed by atoms with Crippen molar-refractivity contribution in [3.63, 3.8) is 0 Å². The zero-order valence-electron chi connectivity index (χ0n) is 15.0. The Bertz CT molecular complexity index is 1020. The molecule has 0 spiro atoms. The van der Waals surface area contributed by atoms with Crippen LogP contribution in [-0.2, 0) is 22.6 Å². The highest BCUT2D eigenvalue weighted by molar-refractivity contribution is 5.83. The van der Waals surface area contributed by atoms with Crippen LogP contribution in [0.5, 0.6) is 0 Å². The summed E-state index contributed by atoms with van der Waals surface area (Å²) < 4.78 is 1.21.